The zero-order chi connectivity index (χ0) is 19.5. The van der Waals surface area contributed by atoms with Crippen molar-refractivity contribution in [3.8, 4) is 0 Å². The predicted octanol–water partition coefficient (Wildman–Crippen LogP) is -0.996. The largest absolute Gasteiger partial charge is 1.00 e. The molecule has 0 bridgehead atoms. The molecule has 0 aromatic heterocycles. The lowest BCUT2D eigenvalue weighted by Crippen LogP contribution is -3.00. The third kappa shape index (κ3) is 4.75. The number of nitrogens with zero attached hydrogens (tertiary/aromatic N) is 1. The van der Waals surface area contributed by atoms with Gasteiger partial charge in [-0.25, -0.2) is 9.59 Å². The third-order valence-corrected chi connectivity index (χ3v) is 6.12. The lowest BCUT2D eigenvalue weighted by Gasteiger charge is -2.33. The van der Waals surface area contributed by atoms with Crippen molar-refractivity contribution in [3.05, 3.63) is 35.9 Å². The number of hydrogen-bond donors (Lipinski definition) is 1. The van der Waals surface area contributed by atoms with Crippen LogP contribution in [0.3, 0.4) is 0 Å². The topological polar surface area (TPSA) is 72.8 Å². The van der Waals surface area contributed by atoms with Crippen LogP contribution in [0.1, 0.15) is 37.7 Å². The van der Waals surface area contributed by atoms with E-state index in [1.807, 2.05) is 25.2 Å². The van der Waals surface area contributed by atoms with Gasteiger partial charge in [0.1, 0.15) is 6.54 Å². The fourth-order valence-corrected chi connectivity index (χ4v) is 4.54. The van der Waals surface area contributed by atoms with E-state index in [4.69, 9.17) is 9.47 Å². The summed E-state index contributed by atoms with van der Waals surface area (Å²) in [6, 6.07) is 9.14. The van der Waals surface area contributed by atoms with Crippen LogP contribution in [-0.2, 0) is 24.7 Å². The number of benzene rings is 1. The average Bonchev–Trinajstić information content (AvgIpc) is 3.32. The Morgan fingerprint density at radius 3 is 2.43 bits per heavy atom. The van der Waals surface area contributed by atoms with Gasteiger partial charge < -0.3 is 36.0 Å². The van der Waals surface area contributed by atoms with Gasteiger partial charge in [0.2, 0.25) is 0 Å². The summed E-state index contributed by atoms with van der Waals surface area (Å²) in [5.74, 6) is -0.946. The highest BCUT2D eigenvalue weighted by atomic mass is 79.9. The molecule has 0 spiro atoms. The molecular weight excluding hydrogens is 426 g/mol. The number of aliphatic hydroxyl groups is 1. The number of rotatable bonds is 6. The maximum absolute atomic E-state index is 13.1. The van der Waals surface area contributed by atoms with Crippen LogP contribution in [-0.4, -0.2) is 61.4 Å². The zero-order valence-corrected chi connectivity index (χ0v) is 18.2. The second-order valence-electron chi connectivity index (χ2n) is 8.19. The lowest BCUT2D eigenvalue weighted by molar-refractivity contribution is -0.891. The van der Waals surface area contributed by atoms with E-state index in [1.165, 1.54) is 7.11 Å². The van der Waals surface area contributed by atoms with Gasteiger partial charge in [0.05, 0.1) is 20.7 Å². The molecule has 1 N–H and O–H groups in total. The first-order valence-electron chi connectivity index (χ1n) is 9.77. The maximum Gasteiger partial charge on any atom is 0.361 e. The van der Waals surface area contributed by atoms with Gasteiger partial charge in [0, 0.05) is 12.3 Å². The van der Waals surface area contributed by atoms with Crippen molar-refractivity contribution in [2.45, 2.75) is 43.8 Å². The number of likely N-dealkylation sites (N-methyl/N-ethyl adjacent to an activating group) is 1. The smallest absolute Gasteiger partial charge is 0.361 e. The van der Waals surface area contributed by atoms with Crippen LogP contribution in [0.2, 0.25) is 0 Å². The number of ether oxygens (including phenoxy) is 2. The number of methoxy groups -OCH3 is 1. The van der Waals surface area contributed by atoms with E-state index in [0.29, 0.717) is 23.0 Å². The van der Waals surface area contributed by atoms with Crippen LogP contribution >= 0.6 is 0 Å². The number of carbonyl (C=O) groups excluding carboxylic acids is 2. The predicted molar refractivity (Wildman–Crippen MR) is 99.6 cm³/mol. The molecule has 1 aromatic rings. The molecule has 0 amide bonds. The minimum Gasteiger partial charge on any atom is -1.00 e. The van der Waals surface area contributed by atoms with E-state index in [9.17, 15) is 14.7 Å². The molecule has 3 atom stereocenters. The Morgan fingerprint density at radius 2 is 1.82 bits per heavy atom. The van der Waals surface area contributed by atoms with Crippen LogP contribution in [0.25, 0.3) is 0 Å². The first kappa shape index (κ1) is 22.8. The van der Waals surface area contributed by atoms with E-state index in [0.717, 1.165) is 32.2 Å². The molecule has 156 valence electrons. The molecule has 0 radical (unpaired) electrons. The first-order valence-corrected chi connectivity index (χ1v) is 9.77. The molecule has 1 saturated heterocycles. The van der Waals surface area contributed by atoms with E-state index < -0.39 is 11.6 Å². The Kier molecular flexibility index (Phi) is 7.65. The maximum atomic E-state index is 13.1. The number of halogens is 1. The molecule has 1 heterocycles. The Morgan fingerprint density at radius 1 is 1.18 bits per heavy atom. The summed E-state index contributed by atoms with van der Waals surface area (Å²) in [4.78, 5) is 24.8. The van der Waals surface area contributed by atoms with Crippen molar-refractivity contribution in [2.24, 2.45) is 5.92 Å². The second kappa shape index (κ2) is 9.37. The lowest BCUT2D eigenvalue weighted by atomic mass is 9.80. The highest BCUT2D eigenvalue weighted by Crippen LogP contribution is 2.42. The van der Waals surface area contributed by atoms with Gasteiger partial charge in [-0.3, -0.25) is 0 Å². The van der Waals surface area contributed by atoms with E-state index >= 15 is 0 Å². The Bertz CT molecular complexity index is 679. The summed E-state index contributed by atoms with van der Waals surface area (Å²) < 4.78 is 11.1. The number of likely N-dealkylation sites (tertiary alicyclic amines) is 1. The fourth-order valence-electron chi connectivity index (χ4n) is 4.54. The zero-order valence-electron chi connectivity index (χ0n) is 16.6. The molecule has 3 rings (SSSR count). The monoisotopic (exact) mass is 455 g/mol. The Labute approximate surface area is 177 Å². The van der Waals surface area contributed by atoms with Crippen molar-refractivity contribution in [2.75, 3.05) is 33.8 Å². The molecule has 1 saturated carbocycles. The number of carbonyl (C=O) groups is 2. The van der Waals surface area contributed by atoms with Gasteiger partial charge in [-0.1, -0.05) is 43.2 Å². The van der Waals surface area contributed by atoms with Gasteiger partial charge >= 0.3 is 11.9 Å². The van der Waals surface area contributed by atoms with Gasteiger partial charge in [-0.05, 0) is 18.4 Å². The quantitative estimate of drug-likeness (QED) is 0.440. The Hall–Kier alpha value is -1.44. The van der Waals surface area contributed by atoms with Crippen molar-refractivity contribution in [3.63, 3.8) is 0 Å². The second-order valence-corrected chi connectivity index (χ2v) is 8.19. The van der Waals surface area contributed by atoms with Crippen LogP contribution in [0.5, 0.6) is 0 Å². The van der Waals surface area contributed by atoms with Gasteiger partial charge in [0.25, 0.3) is 0 Å². The van der Waals surface area contributed by atoms with Crippen molar-refractivity contribution < 1.29 is 45.6 Å². The fraction of sp³-hybridized carbons (Fsp3) is 0.619. The minimum absolute atomic E-state index is 0. The highest BCUT2D eigenvalue weighted by Gasteiger charge is 2.49. The SMILES string of the molecule is COC(=O)C[N@+]1(C)CC[C@@H](OC(=O)[C@](O)(c2ccccc2)C2CCCC2)C1.[Br-]. The molecule has 6 nitrogen and oxygen atoms in total. The van der Waals surface area contributed by atoms with Gasteiger partial charge in [-0.15, -0.1) is 0 Å². The molecular formula is C21H30BrNO5. The van der Waals surface area contributed by atoms with Crippen molar-refractivity contribution in [1.29, 1.82) is 0 Å². The molecule has 28 heavy (non-hydrogen) atoms. The van der Waals surface area contributed by atoms with Crippen molar-refractivity contribution in [1.82, 2.24) is 0 Å². The van der Waals surface area contributed by atoms with Crippen molar-refractivity contribution >= 4 is 11.9 Å². The molecule has 1 aliphatic carbocycles. The van der Waals surface area contributed by atoms with Gasteiger partial charge in [0.15, 0.2) is 18.2 Å². The van der Waals surface area contributed by atoms with Gasteiger partial charge in [-0.2, -0.15) is 0 Å². The summed E-state index contributed by atoms with van der Waals surface area (Å²) in [7, 11) is 3.34. The molecule has 1 aliphatic heterocycles. The van der Waals surface area contributed by atoms with E-state index in [1.54, 1.807) is 12.1 Å². The number of quaternary nitrogens is 1. The molecule has 7 heteroatoms. The molecule has 2 aliphatic rings. The van der Waals surface area contributed by atoms with Crippen LogP contribution < -0.4 is 17.0 Å². The van der Waals surface area contributed by atoms with E-state index in [-0.39, 0.29) is 41.5 Å². The summed E-state index contributed by atoms with van der Waals surface area (Å²) in [6.07, 6.45) is 4.05. The number of esters is 2. The van der Waals surface area contributed by atoms with E-state index in [2.05, 4.69) is 0 Å². The number of hydrogen-bond acceptors (Lipinski definition) is 5. The molecule has 1 aromatic carbocycles. The standard InChI is InChI=1S/C21H30NO5.BrH/c1-22(15-19(23)26-2)13-12-18(14-22)27-20(24)21(25,17-10-6-7-11-17)16-8-4-3-5-9-16;/h3-5,8-9,17-18,25H,6-7,10-15H2,1-2H3;1H/q+1;/p-1/t18-,21+,22-;/m1./s1. The summed E-state index contributed by atoms with van der Waals surface area (Å²) >= 11 is 0. The molecule has 2 fully saturated rings. The summed E-state index contributed by atoms with van der Waals surface area (Å²) in [5.41, 5.74) is -1.00. The van der Waals surface area contributed by atoms with Crippen LogP contribution in [0, 0.1) is 5.92 Å². The molecule has 0 unspecified atom stereocenters. The normalized spacial score (nSPS) is 26.9. The first-order chi connectivity index (χ1) is 12.9. The van der Waals surface area contributed by atoms with Crippen LogP contribution in [0.4, 0.5) is 0 Å². The summed E-state index contributed by atoms with van der Waals surface area (Å²) in [6.45, 7) is 1.55. The summed E-state index contributed by atoms with van der Waals surface area (Å²) in [5, 5.41) is 11.5. The average molecular weight is 456 g/mol. The minimum atomic E-state index is -1.61. The third-order valence-electron chi connectivity index (χ3n) is 6.12. The van der Waals surface area contributed by atoms with Crippen LogP contribution in [0.15, 0.2) is 30.3 Å². The Balaban J connectivity index is 0.00000280. The highest BCUT2D eigenvalue weighted by molar-refractivity contribution is 5.81.